The molecule has 1 aromatic heterocycles. The van der Waals surface area contributed by atoms with E-state index in [1.54, 1.807) is 31.4 Å². The number of methoxy groups -OCH3 is 1. The molecule has 4 aromatic rings. The number of rotatable bonds is 22. The number of amides is 2. The fourth-order valence-corrected chi connectivity index (χ4v) is 7.33. The van der Waals surface area contributed by atoms with Gasteiger partial charge in [0.25, 0.3) is 0 Å². The van der Waals surface area contributed by atoms with Crippen molar-refractivity contribution in [1.29, 1.82) is 0 Å². The van der Waals surface area contributed by atoms with Crippen LogP contribution < -0.4 is 10.6 Å². The molecule has 0 radical (unpaired) electrons. The van der Waals surface area contributed by atoms with Gasteiger partial charge >= 0.3 is 6.09 Å². The van der Waals surface area contributed by atoms with E-state index in [0.29, 0.717) is 88.8 Å². The Balaban J connectivity index is 1.24. The number of aromatic nitrogens is 4. The van der Waals surface area contributed by atoms with Gasteiger partial charge in [0.15, 0.2) is 5.78 Å². The number of benzene rings is 3. The van der Waals surface area contributed by atoms with Gasteiger partial charge in [-0.15, -0.1) is 10.2 Å². The number of hydrogen-bond donors (Lipinski definition) is 3. The number of tetrazole rings is 1. The minimum atomic E-state index is -0.635. The van der Waals surface area contributed by atoms with E-state index in [1.807, 2.05) is 70.2 Å². The first kappa shape index (κ1) is 45.8. The van der Waals surface area contributed by atoms with E-state index in [9.17, 15) is 19.2 Å². The standard InChI is InChI=1S/C46H60N6O8/c1-31-11-14-37(41(53)10-7-21-58-24-25-59-23-22-57-5)28-40(31)36-9-6-8-33(26-36)27-38(44(55)48-39-19-17-35(18-20-39)43-49-51-52-50-43)29-42(54)34-15-12-32(13-16-34)30-47-45(56)60-46(2,3)4/h6,8-9,11,14,17-20,26,28,32,34,38H,7,10,12-13,15-16,21-25,27,29-30H2,1-5H3,(H,47,56)(H,48,55)(H,49,50,51,52)/t32?,34?,38-/m1/s1. The Hall–Kier alpha value is -5.31. The highest BCUT2D eigenvalue weighted by Crippen LogP contribution is 2.32. The zero-order chi connectivity index (χ0) is 42.9. The molecular formula is C46H60N6O8. The number of nitrogens with one attached hydrogen (secondary N) is 3. The van der Waals surface area contributed by atoms with Crippen LogP contribution in [0.15, 0.2) is 66.7 Å². The Morgan fingerprint density at radius 2 is 1.60 bits per heavy atom. The molecule has 1 fully saturated rings. The van der Waals surface area contributed by atoms with Gasteiger partial charge in [-0.1, -0.05) is 36.4 Å². The van der Waals surface area contributed by atoms with Gasteiger partial charge in [0.2, 0.25) is 11.7 Å². The highest BCUT2D eigenvalue weighted by Gasteiger charge is 2.31. The maximum absolute atomic E-state index is 14.1. The van der Waals surface area contributed by atoms with E-state index < -0.39 is 17.6 Å². The third-order valence-corrected chi connectivity index (χ3v) is 10.6. The molecular weight excluding hydrogens is 765 g/mol. The Bertz CT molecular complexity index is 1990. The molecule has 322 valence electrons. The molecule has 1 aliphatic carbocycles. The van der Waals surface area contributed by atoms with Crippen molar-refractivity contribution >= 4 is 29.3 Å². The number of carbonyl (C=O) groups excluding carboxylic acids is 4. The second-order valence-electron chi connectivity index (χ2n) is 16.4. The fraction of sp³-hybridized carbons (Fsp3) is 0.500. The summed E-state index contributed by atoms with van der Waals surface area (Å²) in [6, 6.07) is 20.9. The normalized spacial score (nSPS) is 15.9. The largest absolute Gasteiger partial charge is 0.444 e. The van der Waals surface area contributed by atoms with Crippen molar-refractivity contribution in [3.63, 3.8) is 0 Å². The minimum absolute atomic E-state index is 0.0428. The van der Waals surface area contributed by atoms with E-state index in [2.05, 4.69) is 31.3 Å². The highest BCUT2D eigenvalue weighted by molar-refractivity contribution is 5.98. The van der Waals surface area contributed by atoms with Crippen molar-refractivity contribution in [2.75, 3.05) is 52.0 Å². The van der Waals surface area contributed by atoms with Crippen LogP contribution in [0.2, 0.25) is 0 Å². The number of nitrogens with zero attached hydrogens (tertiary/aromatic N) is 3. The van der Waals surface area contributed by atoms with Gasteiger partial charge in [0.1, 0.15) is 11.4 Å². The number of H-pyrrole nitrogens is 1. The monoisotopic (exact) mass is 824 g/mol. The first-order chi connectivity index (χ1) is 28.9. The first-order valence-electron chi connectivity index (χ1n) is 20.9. The third-order valence-electron chi connectivity index (χ3n) is 10.6. The summed E-state index contributed by atoms with van der Waals surface area (Å²) >= 11 is 0. The van der Waals surface area contributed by atoms with Crippen LogP contribution in [0.3, 0.4) is 0 Å². The van der Waals surface area contributed by atoms with Crippen LogP contribution in [0.25, 0.3) is 22.5 Å². The van der Waals surface area contributed by atoms with Gasteiger partial charge in [-0.3, -0.25) is 14.4 Å². The Morgan fingerprint density at radius 3 is 2.30 bits per heavy atom. The average molecular weight is 825 g/mol. The summed E-state index contributed by atoms with van der Waals surface area (Å²) < 4.78 is 21.4. The van der Waals surface area contributed by atoms with Gasteiger partial charge in [0, 0.05) is 61.8 Å². The Morgan fingerprint density at radius 1 is 0.867 bits per heavy atom. The molecule has 1 aliphatic rings. The summed E-state index contributed by atoms with van der Waals surface area (Å²) in [5.41, 5.74) is 5.18. The van der Waals surface area contributed by atoms with Gasteiger partial charge in [0.05, 0.1) is 26.4 Å². The molecule has 14 heteroatoms. The van der Waals surface area contributed by atoms with E-state index in [4.69, 9.17) is 18.9 Å². The lowest BCUT2D eigenvalue weighted by molar-refractivity contribution is -0.129. The number of aromatic amines is 1. The number of anilines is 1. The maximum atomic E-state index is 14.1. The van der Waals surface area contributed by atoms with Crippen LogP contribution >= 0.6 is 0 Å². The summed E-state index contributed by atoms with van der Waals surface area (Å²) in [5, 5.41) is 20.0. The summed E-state index contributed by atoms with van der Waals surface area (Å²) in [7, 11) is 1.63. The summed E-state index contributed by atoms with van der Waals surface area (Å²) in [5.74, 6) is -0.230. The molecule has 1 atom stereocenters. The SMILES string of the molecule is COCCOCCOCCCC(=O)c1ccc(C)c(-c2cccc(C[C@H](CC(=O)C3CCC(CNC(=O)OC(C)(C)C)CC3)C(=O)Nc3ccc(-c4nn[nH]n4)cc3)c2)c1. The number of carbonyl (C=O) groups is 4. The number of ketones is 2. The lowest BCUT2D eigenvalue weighted by Crippen LogP contribution is -2.37. The molecule has 5 rings (SSSR count). The molecule has 0 aliphatic heterocycles. The van der Waals surface area contributed by atoms with Crippen molar-refractivity contribution in [2.24, 2.45) is 17.8 Å². The maximum Gasteiger partial charge on any atom is 0.407 e. The zero-order valence-corrected chi connectivity index (χ0v) is 35.6. The predicted molar refractivity (Wildman–Crippen MR) is 228 cm³/mol. The van der Waals surface area contributed by atoms with Crippen molar-refractivity contribution in [2.45, 2.75) is 84.7 Å². The molecule has 0 saturated heterocycles. The minimum Gasteiger partial charge on any atom is -0.444 e. The van der Waals surface area contributed by atoms with Gasteiger partial charge in [-0.2, -0.15) is 5.21 Å². The van der Waals surface area contributed by atoms with Crippen molar-refractivity contribution in [3.05, 3.63) is 83.4 Å². The van der Waals surface area contributed by atoms with Gasteiger partial charge in [-0.05, 0) is 130 Å². The number of Topliss-reactive ketones (excluding diaryl/α,β-unsaturated/α-hetero) is 2. The molecule has 14 nitrogen and oxygen atoms in total. The lowest BCUT2D eigenvalue weighted by Gasteiger charge is -2.29. The molecule has 0 unspecified atom stereocenters. The Labute approximate surface area is 352 Å². The number of ether oxygens (including phenoxy) is 4. The van der Waals surface area contributed by atoms with Crippen LogP contribution in [0, 0.1) is 24.7 Å². The van der Waals surface area contributed by atoms with Crippen molar-refractivity contribution in [3.8, 4) is 22.5 Å². The smallest absolute Gasteiger partial charge is 0.407 e. The second-order valence-corrected chi connectivity index (χ2v) is 16.4. The second kappa shape index (κ2) is 22.9. The summed E-state index contributed by atoms with van der Waals surface area (Å²) in [4.78, 5) is 53.4. The summed E-state index contributed by atoms with van der Waals surface area (Å²) in [6.45, 7) is 10.5. The van der Waals surface area contributed by atoms with E-state index in [0.717, 1.165) is 40.7 Å². The van der Waals surface area contributed by atoms with Crippen molar-refractivity contribution < 1.29 is 38.1 Å². The van der Waals surface area contributed by atoms with Crippen molar-refractivity contribution in [1.82, 2.24) is 25.9 Å². The van der Waals surface area contributed by atoms with Gasteiger partial charge in [-0.25, -0.2) is 4.79 Å². The molecule has 60 heavy (non-hydrogen) atoms. The lowest BCUT2D eigenvalue weighted by atomic mass is 9.77. The molecule has 3 N–H and O–H groups in total. The molecule has 0 bridgehead atoms. The quantitative estimate of drug-likeness (QED) is 0.0525. The number of alkyl carbamates (subject to hydrolysis) is 1. The zero-order valence-electron chi connectivity index (χ0n) is 35.6. The fourth-order valence-electron chi connectivity index (χ4n) is 7.33. The topological polar surface area (TPSA) is 184 Å². The Kier molecular flexibility index (Phi) is 17.5. The summed E-state index contributed by atoms with van der Waals surface area (Å²) in [6.07, 6.45) is 3.98. The number of aryl methyl sites for hydroxylation is 1. The van der Waals surface area contributed by atoms with E-state index in [1.165, 1.54) is 0 Å². The number of hydrogen-bond acceptors (Lipinski definition) is 11. The van der Waals surface area contributed by atoms with E-state index >= 15 is 0 Å². The molecule has 1 saturated carbocycles. The first-order valence-corrected chi connectivity index (χ1v) is 20.9. The average Bonchev–Trinajstić information content (AvgIpc) is 3.77. The van der Waals surface area contributed by atoms with Crippen LogP contribution in [-0.4, -0.2) is 96.5 Å². The van der Waals surface area contributed by atoms with Crippen LogP contribution in [0.4, 0.5) is 10.5 Å². The predicted octanol–water partition coefficient (Wildman–Crippen LogP) is 7.57. The highest BCUT2D eigenvalue weighted by atomic mass is 16.6. The van der Waals surface area contributed by atoms with Crippen LogP contribution in [0.5, 0.6) is 0 Å². The molecule has 0 spiro atoms. The molecule has 2 amide bonds. The molecule has 1 heterocycles. The third kappa shape index (κ3) is 14.8. The van der Waals surface area contributed by atoms with Crippen LogP contribution in [-0.2, 0) is 35.0 Å². The van der Waals surface area contributed by atoms with Gasteiger partial charge < -0.3 is 29.6 Å². The van der Waals surface area contributed by atoms with E-state index in [-0.39, 0.29) is 35.7 Å². The molecule has 3 aromatic carbocycles. The van der Waals surface area contributed by atoms with Crippen LogP contribution in [0.1, 0.15) is 87.2 Å².